The van der Waals surface area contributed by atoms with E-state index < -0.39 is 0 Å². The number of nitrogens with two attached hydrogens (primary N) is 1. The third kappa shape index (κ3) is 3.90. The molecule has 0 aliphatic carbocycles. The number of thiophene rings is 1. The molecule has 0 spiro atoms. The minimum Gasteiger partial charge on any atom is -0.374 e. The monoisotopic (exact) mass is 307 g/mol. The fourth-order valence-corrected chi connectivity index (χ4v) is 2.74. The van der Waals surface area contributed by atoms with E-state index in [-0.39, 0.29) is 6.04 Å². The second-order valence-corrected chi connectivity index (χ2v) is 5.59. The third-order valence-corrected chi connectivity index (χ3v) is 4.28. The molecule has 0 saturated carbocycles. The largest absolute Gasteiger partial charge is 0.374 e. The van der Waals surface area contributed by atoms with Crippen LogP contribution in [0.15, 0.2) is 23.6 Å². The molecule has 0 bridgehead atoms. The normalized spacial score (nSPS) is 12.2. The van der Waals surface area contributed by atoms with Crippen molar-refractivity contribution in [1.29, 1.82) is 0 Å². The molecule has 0 aliphatic heterocycles. The van der Waals surface area contributed by atoms with Gasteiger partial charge in [0.25, 0.3) is 0 Å². The fraction of sp³-hybridized carbons (Fsp3) is 0.429. The van der Waals surface area contributed by atoms with Crippen LogP contribution in [0.3, 0.4) is 0 Å². The Morgan fingerprint density at radius 1 is 1.48 bits per heavy atom. The van der Waals surface area contributed by atoms with Gasteiger partial charge < -0.3 is 15.1 Å². The van der Waals surface area contributed by atoms with E-state index in [9.17, 15) is 0 Å². The van der Waals surface area contributed by atoms with Crippen molar-refractivity contribution in [1.82, 2.24) is 9.97 Å². The van der Waals surface area contributed by atoms with E-state index in [1.54, 1.807) is 11.3 Å². The molecule has 0 aromatic carbocycles. The van der Waals surface area contributed by atoms with Gasteiger partial charge in [-0.2, -0.15) is 0 Å². The summed E-state index contributed by atoms with van der Waals surface area (Å²) in [7, 11) is 2.01. The van der Waals surface area contributed by atoms with Crippen LogP contribution in [0, 0.1) is 0 Å². The number of hydrogen-bond donors (Lipinski definition) is 2. The van der Waals surface area contributed by atoms with Crippen molar-refractivity contribution >= 4 is 23.0 Å². The molecule has 2 aromatic heterocycles. The van der Waals surface area contributed by atoms with Crippen LogP contribution in [0.1, 0.15) is 30.6 Å². The molecule has 114 valence electrons. The molecule has 6 nitrogen and oxygen atoms in total. The van der Waals surface area contributed by atoms with Gasteiger partial charge in [-0.1, -0.05) is 6.07 Å². The van der Waals surface area contributed by atoms with Gasteiger partial charge >= 0.3 is 0 Å². The van der Waals surface area contributed by atoms with Crippen LogP contribution in [0.4, 0.5) is 11.6 Å². The molecule has 1 unspecified atom stereocenters. The number of nitrogens with zero attached hydrogens (tertiary/aromatic N) is 3. The van der Waals surface area contributed by atoms with Crippen molar-refractivity contribution in [3.8, 4) is 0 Å². The van der Waals surface area contributed by atoms with E-state index in [1.165, 1.54) is 4.88 Å². The highest BCUT2D eigenvalue weighted by atomic mass is 32.1. The molecule has 0 radical (unpaired) electrons. The molecule has 0 saturated heterocycles. The van der Waals surface area contributed by atoms with Crippen LogP contribution < -0.4 is 16.2 Å². The van der Waals surface area contributed by atoms with Gasteiger partial charge in [-0.15, -0.1) is 11.3 Å². The highest BCUT2D eigenvalue weighted by Crippen LogP contribution is 2.28. The fourth-order valence-electron chi connectivity index (χ4n) is 1.91. The molecule has 0 amide bonds. The van der Waals surface area contributed by atoms with Gasteiger partial charge in [0.1, 0.15) is 18.2 Å². The lowest BCUT2D eigenvalue weighted by Crippen LogP contribution is -2.23. The summed E-state index contributed by atoms with van der Waals surface area (Å²) in [6.07, 6.45) is 0. The smallest absolute Gasteiger partial charge is 0.158 e. The first kappa shape index (κ1) is 15.7. The maximum Gasteiger partial charge on any atom is 0.158 e. The number of rotatable bonds is 7. The number of hydrazine groups is 1. The molecule has 3 N–H and O–H groups in total. The van der Waals surface area contributed by atoms with E-state index in [0.717, 1.165) is 5.82 Å². The molecule has 2 rings (SSSR count). The molecule has 2 heterocycles. The lowest BCUT2D eigenvalue weighted by molar-refractivity contribution is 0.128. The van der Waals surface area contributed by atoms with Gasteiger partial charge in [0, 0.05) is 24.6 Å². The summed E-state index contributed by atoms with van der Waals surface area (Å²) in [5.74, 6) is 7.50. The molecule has 1 atom stereocenters. The Morgan fingerprint density at radius 2 is 2.29 bits per heavy atom. The quantitative estimate of drug-likeness (QED) is 0.605. The zero-order chi connectivity index (χ0) is 15.2. The Morgan fingerprint density at radius 3 is 2.90 bits per heavy atom. The highest BCUT2D eigenvalue weighted by molar-refractivity contribution is 7.10. The number of ether oxygens (including phenoxy) is 1. The number of hydrogen-bond acceptors (Lipinski definition) is 7. The number of aromatic nitrogens is 2. The van der Waals surface area contributed by atoms with Crippen LogP contribution in [0.25, 0.3) is 0 Å². The summed E-state index contributed by atoms with van der Waals surface area (Å²) in [5, 5.41) is 2.08. The van der Waals surface area contributed by atoms with Gasteiger partial charge in [0.15, 0.2) is 5.82 Å². The SMILES string of the molecule is CCOCc1nc(NN)cc(N(C)C(C)c2cccs2)n1. The lowest BCUT2D eigenvalue weighted by Gasteiger charge is -2.25. The Kier molecular flexibility index (Phi) is 5.49. The van der Waals surface area contributed by atoms with E-state index >= 15 is 0 Å². The summed E-state index contributed by atoms with van der Waals surface area (Å²) >= 11 is 1.73. The number of nitrogen functional groups attached to an aromatic ring is 1. The average Bonchev–Trinajstić information content (AvgIpc) is 3.05. The zero-order valence-corrected chi connectivity index (χ0v) is 13.4. The Balaban J connectivity index is 2.24. The molecular weight excluding hydrogens is 286 g/mol. The molecule has 7 heteroatoms. The summed E-state index contributed by atoms with van der Waals surface area (Å²) in [6.45, 7) is 5.09. The highest BCUT2D eigenvalue weighted by Gasteiger charge is 2.16. The van der Waals surface area contributed by atoms with E-state index in [1.807, 2.05) is 20.0 Å². The van der Waals surface area contributed by atoms with E-state index in [0.29, 0.717) is 24.9 Å². The summed E-state index contributed by atoms with van der Waals surface area (Å²) in [5.41, 5.74) is 2.58. The van der Waals surface area contributed by atoms with Crippen LogP contribution in [0.2, 0.25) is 0 Å². The van der Waals surface area contributed by atoms with Crippen LogP contribution in [-0.4, -0.2) is 23.6 Å². The third-order valence-electron chi connectivity index (χ3n) is 3.24. The summed E-state index contributed by atoms with van der Waals surface area (Å²) in [6, 6.07) is 6.23. The second kappa shape index (κ2) is 7.35. The summed E-state index contributed by atoms with van der Waals surface area (Å²) < 4.78 is 5.38. The molecule has 21 heavy (non-hydrogen) atoms. The Hall–Kier alpha value is -1.70. The van der Waals surface area contributed by atoms with Gasteiger partial charge in [0.05, 0.1) is 6.04 Å². The molecule has 0 fully saturated rings. The number of nitrogens with one attached hydrogen (secondary N) is 1. The number of anilines is 2. The van der Waals surface area contributed by atoms with Crippen molar-refractivity contribution in [2.75, 3.05) is 24.0 Å². The zero-order valence-electron chi connectivity index (χ0n) is 12.5. The van der Waals surface area contributed by atoms with Crippen LogP contribution >= 0.6 is 11.3 Å². The topological polar surface area (TPSA) is 76.3 Å². The molecule has 0 aliphatic rings. The Bertz CT molecular complexity index is 560. The standard InChI is InChI=1S/C14H21N5OS/c1-4-20-9-13-16-12(18-15)8-14(17-13)19(3)10(2)11-6-5-7-21-11/h5-8,10H,4,9,15H2,1-3H3,(H,16,17,18). The maximum absolute atomic E-state index is 5.49. The van der Waals surface area contributed by atoms with Crippen molar-refractivity contribution in [2.45, 2.75) is 26.5 Å². The van der Waals surface area contributed by atoms with E-state index in [2.05, 4.69) is 44.7 Å². The van der Waals surface area contributed by atoms with Crippen molar-refractivity contribution in [3.63, 3.8) is 0 Å². The first-order valence-electron chi connectivity index (χ1n) is 6.84. The first-order chi connectivity index (χ1) is 10.2. The average molecular weight is 307 g/mol. The van der Waals surface area contributed by atoms with Crippen molar-refractivity contribution in [3.05, 3.63) is 34.3 Å². The summed E-state index contributed by atoms with van der Waals surface area (Å²) in [4.78, 5) is 12.2. The first-order valence-corrected chi connectivity index (χ1v) is 7.72. The van der Waals surface area contributed by atoms with Gasteiger partial charge in [-0.05, 0) is 25.3 Å². The minimum atomic E-state index is 0.227. The van der Waals surface area contributed by atoms with Gasteiger partial charge in [0.2, 0.25) is 0 Å². The lowest BCUT2D eigenvalue weighted by atomic mass is 10.2. The van der Waals surface area contributed by atoms with Crippen molar-refractivity contribution < 1.29 is 4.74 Å². The maximum atomic E-state index is 5.49. The molecule has 2 aromatic rings. The van der Waals surface area contributed by atoms with E-state index in [4.69, 9.17) is 10.6 Å². The predicted molar refractivity (Wildman–Crippen MR) is 86.3 cm³/mol. The van der Waals surface area contributed by atoms with Crippen LogP contribution in [-0.2, 0) is 11.3 Å². The van der Waals surface area contributed by atoms with Crippen LogP contribution in [0.5, 0.6) is 0 Å². The van der Waals surface area contributed by atoms with Gasteiger partial charge in [-0.3, -0.25) is 0 Å². The van der Waals surface area contributed by atoms with Crippen molar-refractivity contribution in [2.24, 2.45) is 5.84 Å². The predicted octanol–water partition coefficient (Wildman–Crippen LogP) is 2.56. The second-order valence-electron chi connectivity index (χ2n) is 4.61. The van der Waals surface area contributed by atoms with Gasteiger partial charge in [-0.25, -0.2) is 15.8 Å². The molecular formula is C14H21N5OS. The Labute approximate surface area is 128 Å². The minimum absolute atomic E-state index is 0.227.